The quantitative estimate of drug-likeness (QED) is 0.380. The van der Waals surface area contributed by atoms with Gasteiger partial charge in [0, 0.05) is 31.8 Å². The van der Waals surface area contributed by atoms with Gasteiger partial charge in [0.25, 0.3) is 5.91 Å². The lowest BCUT2D eigenvalue weighted by molar-refractivity contribution is -0.156. The molecule has 0 aliphatic carbocycles. The van der Waals surface area contributed by atoms with Crippen LogP contribution in [0.1, 0.15) is 46.8 Å². The highest BCUT2D eigenvalue weighted by molar-refractivity contribution is 6.08. The van der Waals surface area contributed by atoms with Gasteiger partial charge in [-0.15, -0.1) is 0 Å². The summed E-state index contributed by atoms with van der Waals surface area (Å²) in [6.07, 6.45) is -2.90. The molecule has 0 spiro atoms. The van der Waals surface area contributed by atoms with Crippen LogP contribution in [0.25, 0.3) is 11.0 Å². The van der Waals surface area contributed by atoms with Crippen molar-refractivity contribution in [3.05, 3.63) is 89.5 Å². The van der Waals surface area contributed by atoms with E-state index in [1.54, 1.807) is 24.6 Å². The van der Waals surface area contributed by atoms with Gasteiger partial charge in [-0.25, -0.2) is 4.98 Å². The van der Waals surface area contributed by atoms with Gasteiger partial charge in [-0.05, 0) is 29.8 Å². The second kappa shape index (κ2) is 10.2. The first-order valence-corrected chi connectivity index (χ1v) is 11.3. The summed E-state index contributed by atoms with van der Waals surface area (Å²) in [6, 6.07) is 14.3. The number of alkyl halides is 3. The molecule has 2 heterocycles. The Morgan fingerprint density at radius 2 is 1.78 bits per heavy atom. The molecular weight excluding hydrogens is 471 g/mol. The molecule has 0 aliphatic rings. The Bertz CT molecular complexity index is 1390. The molecule has 4 aromatic rings. The summed E-state index contributed by atoms with van der Waals surface area (Å²) < 4.78 is 43.4. The summed E-state index contributed by atoms with van der Waals surface area (Å²) >= 11 is 0. The van der Waals surface area contributed by atoms with Gasteiger partial charge in [0.2, 0.25) is 5.91 Å². The smallest absolute Gasteiger partial charge is 0.335 e. The van der Waals surface area contributed by atoms with Crippen molar-refractivity contribution in [2.45, 2.75) is 32.0 Å². The minimum absolute atomic E-state index is 0.0432. The minimum atomic E-state index is -4.78. The van der Waals surface area contributed by atoms with Gasteiger partial charge in [0.05, 0.1) is 22.3 Å². The third-order valence-corrected chi connectivity index (χ3v) is 5.70. The number of nitrogens with zero attached hydrogens (tertiary/aromatic N) is 3. The molecule has 2 aromatic heterocycles. The molecule has 0 saturated heterocycles. The molecule has 186 valence electrons. The number of carbonyl (C=O) groups is 2. The lowest BCUT2D eigenvalue weighted by Crippen LogP contribution is -2.38. The van der Waals surface area contributed by atoms with E-state index in [-0.39, 0.29) is 29.3 Å². The first-order valence-electron chi connectivity index (χ1n) is 11.3. The first kappa shape index (κ1) is 24.9. The molecule has 1 atom stereocenters. The van der Waals surface area contributed by atoms with Gasteiger partial charge in [-0.2, -0.15) is 13.2 Å². The molecule has 0 aliphatic heterocycles. The van der Waals surface area contributed by atoms with Gasteiger partial charge < -0.3 is 15.2 Å². The van der Waals surface area contributed by atoms with Gasteiger partial charge >= 0.3 is 6.18 Å². The first-order chi connectivity index (χ1) is 17.2. The standard InChI is InChI=1S/C26H24F3N5O2/c1-3-22(35)31-17-14-18(25(36)33-24(26(27,28)29)19-11-7-8-12-30-19)23-20(15-17)32-21(34(23)2)13-16-9-5-4-6-10-16/h4-12,14-15,24H,3,13H2,1-2H3,(H,31,35)(H,33,36)/t24-/m1/s1. The van der Waals surface area contributed by atoms with Crippen molar-refractivity contribution in [1.82, 2.24) is 19.9 Å². The Balaban J connectivity index is 1.79. The number of fused-ring (bicyclic) bond motifs is 1. The fraction of sp³-hybridized carbons (Fsp3) is 0.231. The van der Waals surface area contributed by atoms with E-state index in [4.69, 9.17) is 0 Å². The van der Waals surface area contributed by atoms with E-state index in [0.29, 0.717) is 23.3 Å². The maximum atomic E-state index is 13.9. The van der Waals surface area contributed by atoms with Crippen molar-refractivity contribution in [2.75, 3.05) is 5.32 Å². The van der Waals surface area contributed by atoms with Crippen molar-refractivity contribution in [3.63, 3.8) is 0 Å². The summed E-state index contributed by atoms with van der Waals surface area (Å²) in [4.78, 5) is 33.7. The normalized spacial score (nSPS) is 12.4. The van der Waals surface area contributed by atoms with E-state index in [0.717, 1.165) is 5.56 Å². The molecule has 0 unspecified atom stereocenters. The number of nitrogens with one attached hydrogen (secondary N) is 2. The molecule has 2 aromatic carbocycles. The summed E-state index contributed by atoms with van der Waals surface area (Å²) in [7, 11) is 1.70. The fourth-order valence-electron chi connectivity index (χ4n) is 3.91. The lowest BCUT2D eigenvalue weighted by Gasteiger charge is -2.21. The third-order valence-electron chi connectivity index (χ3n) is 5.70. The van der Waals surface area contributed by atoms with Crippen LogP contribution in [0.3, 0.4) is 0 Å². The molecule has 7 nitrogen and oxygen atoms in total. The number of amides is 2. The number of halogens is 3. The molecule has 0 radical (unpaired) electrons. The topological polar surface area (TPSA) is 88.9 Å². The minimum Gasteiger partial charge on any atom is -0.335 e. The second-order valence-corrected chi connectivity index (χ2v) is 8.25. The van der Waals surface area contributed by atoms with Crippen LogP contribution in [0.2, 0.25) is 0 Å². The van der Waals surface area contributed by atoms with E-state index in [1.165, 1.54) is 30.5 Å². The summed E-state index contributed by atoms with van der Waals surface area (Å²) in [6.45, 7) is 1.67. The van der Waals surface area contributed by atoms with Crippen LogP contribution in [0.15, 0.2) is 66.9 Å². The zero-order chi connectivity index (χ0) is 25.9. The molecule has 4 rings (SSSR count). The monoisotopic (exact) mass is 495 g/mol. The fourth-order valence-corrected chi connectivity index (χ4v) is 3.91. The van der Waals surface area contributed by atoms with E-state index in [1.807, 2.05) is 30.3 Å². The maximum absolute atomic E-state index is 13.9. The number of hydrogen-bond donors (Lipinski definition) is 2. The van der Waals surface area contributed by atoms with Crippen LogP contribution in [0.4, 0.5) is 18.9 Å². The molecule has 2 N–H and O–H groups in total. The lowest BCUT2D eigenvalue weighted by atomic mass is 10.1. The predicted molar refractivity (Wildman–Crippen MR) is 129 cm³/mol. The number of anilines is 1. The van der Waals surface area contributed by atoms with E-state index >= 15 is 0 Å². The number of carbonyl (C=O) groups excluding carboxylic acids is 2. The van der Waals surface area contributed by atoms with Gasteiger partial charge in [0.1, 0.15) is 5.82 Å². The highest BCUT2D eigenvalue weighted by Gasteiger charge is 2.43. The number of aryl methyl sites for hydroxylation is 1. The van der Waals surface area contributed by atoms with Crippen molar-refractivity contribution >= 4 is 28.5 Å². The van der Waals surface area contributed by atoms with Crippen molar-refractivity contribution < 1.29 is 22.8 Å². The number of imidazole rings is 1. The van der Waals surface area contributed by atoms with Gasteiger partial charge in [-0.1, -0.05) is 43.3 Å². The van der Waals surface area contributed by atoms with Crippen LogP contribution >= 0.6 is 0 Å². The summed E-state index contributed by atoms with van der Waals surface area (Å²) in [5, 5.41) is 4.75. The highest BCUT2D eigenvalue weighted by Crippen LogP contribution is 2.33. The Kier molecular flexibility index (Phi) is 7.05. The second-order valence-electron chi connectivity index (χ2n) is 8.25. The van der Waals surface area contributed by atoms with E-state index in [9.17, 15) is 22.8 Å². The zero-order valence-electron chi connectivity index (χ0n) is 19.6. The molecule has 0 saturated carbocycles. The van der Waals surface area contributed by atoms with Crippen molar-refractivity contribution in [2.24, 2.45) is 7.05 Å². The van der Waals surface area contributed by atoms with E-state index in [2.05, 4.69) is 20.6 Å². The molecule has 2 amide bonds. The highest BCUT2D eigenvalue weighted by atomic mass is 19.4. The molecular formula is C26H24F3N5O2. The Morgan fingerprint density at radius 3 is 2.42 bits per heavy atom. The average Bonchev–Trinajstić information content (AvgIpc) is 3.17. The molecule has 10 heteroatoms. The van der Waals surface area contributed by atoms with Crippen LogP contribution in [0.5, 0.6) is 0 Å². The predicted octanol–water partition coefficient (Wildman–Crippen LogP) is 4.94. The maximum Gasteiger partial charge on any atom is 0.414 e. The van der Waals surface area contributed by atoms with Crippen LogP contribution in [-0.2, 0) is 18.3 Å². The summed E-state index contributed by atoms with van der Waals surface area (Å²) in [5.41, 5.74) is 1.61. The Hall–Kier alpha value is -4.21. The van der Waals surface area contributed by atoms with Gasteiger partial charge in [0.15, 0.2) is 6.04 Å². The molecule has 36 heavy (non-hydrogen) atoms. The number of rotatable bonds is 7. The van der Waals surface area contributed by atoms with Crippen LogP contribution < -0.4 is 10.6 Å². The SMILES string of the molecule is CCC(=O)Nc1cc(C(=O)N[C@H](c2ccccn2)C(F)(F)F)c2c(c1)nc(Cc1ccccc1)n2C. The van der Waals surface area contributed by atoms with Crippen molar-refractivity contribution in [3.8, 4) is 0 Å². The van der Waals surface area contributed by atoms with E-state index < -0.39 is 18.1 Å². The molecule has 0 fully saturated rings. The molecule has 0 bridgehead atoms. The zero-order valence-corrected chi connectivity index (χ0v) is 19.6. The summed E-state index contributed by atoms with van der Waals surface area (Å²) in [5.74, 6) is -0.654. The third kappa shape index (κ3) is 5.37. The number of benzene rings is 2. The van der Waals surface area contributed by atoms with Crippen molar-refractivity contribution in [1.29, 1.82) is 0 Å². The average molecular weight is 496 g/mol. The van der Waals surface area contributed by atoms with Crippen LogP contribution in [0, 0.1) is 0 Å². The number of pyridine rings is 1. The number of aromatic nitrogens is 3. The largest absolute Gasteiger partial charge is 0.414 e. The van der Waals surface area contributed by atoms with Gasteiger partial charge in [-0.3, -0.25) is 14.6 Å². The Morgan fingerprint density at radius 1 is 1.06 bits per heavy atom. The Labute approximate surface area is 205 Å². The van der Waals surface area contributed by atoms with Crippen LogP contribution in [-0.4, -0.2) is 32.5 Å². The number of hydrogen-bond acceptors (Lipinski definition) is 4.